The van der Waals surface area contributed by atoms with Crippen LogP contribution in [0.1, 0.15) is 16.8 Å². The number of hydrogen-bond donors (Lipinski definition) is 1. The van der Waals surface area contributed by atoms with E-state index >= 15 is 0 Å². The fraction of sp³-hybridized carbons (Fsp3) is 0.167. The van der Waals surface area contributed by atoms with Crippen molar-refractivity contribution < 1.29 is 4.79 Å². The number of nitrogens with zero attached hydrogens (tertiary/aromatic N) is 4. The number of benzene rings is 2. The number of rotatable bonds is 6. The molecule has 0 saturated carbocycles. The lowest BCUT2D eigenvalue weighted by Crippen LogP contribution is -2.29. The van der Waals surface area contributed by atoms with Crippen molar-refractivity contribution in [3.63, 3.8) is 0 Å². The maximum atomic E-state index is 13.2. The van der Waals surface area contributed by atoms with Crippen LogP contribution in [0, 0.1) is 13.8 Å². The second-order valence-corrected chi connectivity index (χ2v) is 7.37. The first-order valence-corrected chi connectivity index (χ1v) is 10.00. The Balaban J connectivity index is 1.78. The zero-order valence-electron chi connectivity index (χ0n) is 17.5. The van der Waals surface area contributed by atoms with Crippen molar-refractivity contribution in [1.29, 1.82) is 0 Å². The minimum Gasteiger partial charge on any atom is -0.326 e. The highest BCUT2D eigenvalue weighted by Crippen LogP contribution is 2.18. The Bertz CT molecular complexity index is 1320. The molecule has 7 heteroatoms. The highest BCUT2D eigenvalue weighted by Gasteiger charge is 2.20. The van der Waals surface area contributed by atoms with Crippen LogP contribution >= 0.6 is 0 Å². The molecule has 31 heavy (non-hydrogen) atoms. The number of aryl methyl sites for hydroxylation is 1. The van der Waals surface area contributed by atoms with E-state index in [1.807, 2.05) is 60.9 Å². The van der Waals surface area contributed by atoms with Crippen molar-refractivity contribution in [2.75, 3.05) is 5.32 Å². The molecule has 0 radical (unpaired) electrons. The Kier molecular flexibility index (Phi) is 5.49. The second-order valence-electron chi connectivity index (χ2n) is 7.37. The Labute approximate surface area is 179 Å². The van der Waals surface area contributed by atoms with Crippen LogP contribution < -0.4 is 10.9 Å². The van der Waals surface area contributed by atoms with Gasteiger partial charge in [-0.25, -0.2) is 0 Å². The molecule has 1 amide bonds. The number of allylic oxidation sites excluding steroid dienone is 1. The van der Waals surface area contributed by atoms with Gasteiger partial charge in [-0.3, -0.25) is 9.59 Å². The smallest absolute Gasteiger partial charge is 0.279 e. The second kappa shape index (κ2) is 8.39. The summed E-state index contributed by atoms with van der Waals surface area (Å²) in [6.45, 7) is 8.07. The van der Waals surface area contributed by atoms with Crippen molar-refractivity contribution in [3.8, 4) is 11.4 Å². The monoisotopic (exact) mass is 413 g/mol. The summed E-state index contributed by atoms with van der Waals surface area (Å²) in [5.41, 5.74) is 3.33. The molecule has 2 heterocycles. The SMILES string of the molecule is C=CCn1c(C)c(CC(=O)Nc2ccccc2)c(=O)n2nc(-c3ccc(C)cc3)nc12. The Morgan fingerprint density at radius 2 is 1.81 bits per heavy atom. The van der Waals surface area contributed by atoms with Gasteiger partial charge in [0.05, 0.1) is 6.42 Å². The number of anilines is 1. The van der Waals surface area contributed by atoms with Gasteiger partial charge < -0.3 is 9.88 Å². The molecule has 0 spiro atoms. The van der Waals surface area contributed by atoms with Crippen LogP contribution in [0.3, 0.4) is 0 Å². The fourth-order valence-electron chi connectivity index (χ4n) is 3.47. The van der Waals surface area contributed by atoms with E-state index in [2.05, 4.69) is 22.0 Å². The van der Waals surface area contributed by atoms with Crippen molar-refractivity contribution in [1.82, 2.24) is 19.2 Å². The van der Waals surface area contributed by atoms with Crippen LogP contribution in [0.4, 0.5) is 5.69 Å². The summed E-state index contributed by atoms with van der Waals surface area (Å²) in [6.07, 6.45) is 1.66. The molecule has 2 aromatic heterocycles. The third-order valence-corrected chi connectivity index (χ3v) is 5.14. The Hall–Kier alpha value is -4.00. The maximum absolute atomic E-state index is 13.2. The lowest BCUT2D eigenvalue weighted by molar-refractivity contribution is -0.115. The summed E-state index contributed by atoms with van der Waals surface area (Å²) in [7, 11) is 0. The molecular weight excluding hydrogens is 390 g/mol. The average Bonchev–Trinajstić information content (AvgIpc) is 3.21. The normalized spacial score (nSPS) is 10.9. The Morgan fingerprint density at radius 3 is 2.48 bits per heavy atom. The standard InChI is InChI=1S/C24H23N5O2/c1-4-14-28-17(3)20(15-21(30)25-19-8-6-5-7-9-19)23(31)29-24(28)26-22(27-29)18-12-10-16(2)11-13-18/h4-13H,1,14-15H2,2-3H3,(H,25,30). The summed E-state index contributed by atoms with van der Waals surface area (Å²) in [5, 5.41) is 7.28. The fourth-order valence-corrected chi connectivity index (χ4v) is 3.47. The molecule has 4 aromatic rings. The van der Waals surface area contributed by atoms with Gasteiger partial charge >= 0.3 is 0 Å². The molecule has 0 saturated heterocycles. The van der Waals surface area contributed by atoms with Crippen LogP contribution in [0.2, 0.25) is 0 Å². The highest BCUT2D eigenvalue weighted by molar-refractivity contribution is 5.92. The van der Waals surface area contributed by atoms with E-state index in [0.29, 0.717) is 35.1 Å². The average molecular weight is 413 g/mol. The zero-order chi connectivity index (χ0) is 22.0. The number of nitrogens with one attached hydrogen (secondary N) is 1. The lowest BCUT2D eigenvalue weighted by atomic mass is 10.1. The molecular formula is C24H23N5O2. The van der Waals surface area contributed by atoms with Crippen LogP contribution in [-0.2, 0) is 17.8 Å². The first-order valence-electron chi connectivity index (χ1n) is 10.00. The topological polar surface area (TPSA) is 81.3 Å². The number of aromatic nitrogens is 4. The van der Waals surface area contributed by atoms with Crippen molar-refractivity contribution >= 4 is 17.4 Å². The lowest BCUT2D eigenvalue weighted by Gasteiger charge is -2.14. The summed E-state index contributed by atoms with van der Waals surface area (Å²) >= 11 is 0. The predicted octanol–water partition coefficient (Wildman–Crippen LogP) is 3.54. The molecule has 0 bridgehead atoms. The molecule has 0 aliphatic rings. The van der Waals surface area contributed by atoms with Gasteiger partial charge in [0, 0.05) is 29.1 Å². The van der Waals surface area contributed by atoms with E-state index in [1.54, 1.807) is 18.2 Å². The third kappa shape index (κ3) is 4.02. The third-order valence-electron chi connectivity index (χ3n) is 5.14. The Morgan fingerprint density at radius 1 is 1.10 bits per heavy atom. The van der Waals surface area contributed by atoms with Gasteiger partial charge in [-0.05, 0) is 26.0 Å². The molecule has 1 N–H and O–H groups in total. The molecule has 0 aliphatic carbocycles. The number of carbonyl (C=O) groups excluding carboxylic acids is 1. The van der Waals surface area contributed by atoms with Crippen LogP contribution in [0.15, 0.2) is 72.0 Å². The minimum absolute atomic E-state index is 0.0631. The van der Waals surface area contributed by atoms with Crippen LogP contribution in [0.25, 0.3) is 17.2 Å². The van der Waals surface area contributed by atoms with Gasteiger partial charge in [-0.15, -0.1) is 11.7 Å². The van der Waals surface area contributed by atoms with E-state index < -0.39 is 0 Å². The summed E-state index contributed by atoms with van der Waals surface area (Å²) < 4.78 is 3.13. The molecule has 0 unspecified atom stereocenters. The van der Waals surface area contributed by atoms with Gasteiger partial charge in [0.25, 0.3) is 5.56 Å². The van der Waals surface area contributed by atoms with Crippen LogP contribution in [-0.4, -0.2) is 25.1 Å². The van der Waals surface area contributed by atoms with Gasteiger partial charge in [0.1, 0.15) is 0 Å². The largest absolute Gasteiger partial charge is 0.326 e. The van der Waals surface area contributed by atoms with E-state index in [4.69, 9.17) is 0 Å². The molecule has 2 aromatic carbocycles. The maximum Gasteiger partial charge on any atom is 0.279 e. The summed E-state index contributed by atoms with van der Waals surface area (Å²) in [6, 6.07) is 16.9. The molecule has 0 atom stereocenters. The molecule has 156 valence electrons. The van der Waals surface area contributed by atoms with Crippen molar-refractivity contribution in [2.24, 2.45) is 0 Å². The quantitative estimate of drug-likeness (QED) is 0.490. The van der Waals surface area contributed by atoms with Gasteiger partial charge in [0.2, 0.25) is 11.7 Å². The van der Waals surface area contributed by atoms with Gasteiger partial charge in [-0.2, -0.15) is 9.50 Å². The number of amides is 1. The summed E-state index contributed by atoms with van der Waals surface area (Å²) in [4.78, 5) is 30.5. The molecule has 0 fully saturated rings. The summed E-state index contributed by atoms with van der Waals surface area (Å²) in [5.74, 6) is 0.611. The zero-order valence-corrected chi connectivity index (χ0v) is 17.5. The number of hydrogen-bond acceptors (Lipinski definition) is 4. The van der Waals surface area contributed by atoms with E-state index in [0.717, 1.165) is 11.1 Å². The predicted molar refractivity (Wildman–Crippen MR) is 121 cm³/mol. The van der Waals surface area contributed by atoms with Crippen LogP contribution in [0.5, 0.6) is 0 Å². The van der Waals surface area contributed by atoms with Crippen molar-refractivity contribution in [3.05, 3.63) is 94.4 Å². The van der Waals surface area contributed by atoms with E-state index in [1.165, 1.54) is 4.52 Å². The highest BCUT2D eigenvalue weighted by atomic mass is 16.2. The van der Waals surface area contributed by atoms with E-state index in [-0.39, 0.29) is 17.9 Å². The number of carbonyl (C=O) groups is 1. The van der Waals surface area contributed by atoms with Crippen molar-refractivity contribution in [2.45, 2.75) is 26.8 Å². The van der Waals surface area contributed by atoms with Gasteiger partial charge in [0.15, 0.2) is 5.82 Å². The first kappa shape index (κ1) is 20.3. The van der Waals surface area contributed by atoms with E-state index in [9.17, 15) is 9.59 Å². The molecule has 0 aliphatic heterocycles. The number of para-hydroxylation sites is 1. The van der Waals surface area contributed by atoms with Gasteiger partial charge in [-0.1, -0.05) is 54.1 Å². The molecule has 4 rings (SSSR count). The first-order chi connectivity index (χ1) is 15.0. The minimum atomic E-state index is -0.345. The molecule has 7 nitrogen and oxygen atoms in total. The number of fused-ring (bicyclic) bond motifs is 1.